The SMILES string of the molecule is CC(=O)N1CCN(c2ccc(Br)c(F)n2)CC1. The molecule has 1 saturated heterocycles. The third-order valence-corrected chi connectivity index (χ3v) is 3.43. The quantitative estimate of drug-likeness (QED) is 0.740. The highest BCUT2D eigenvalue weighted by Gasteiger charge is 2.19. The van der Waals surface area contributed by atoms with Crippen molar-refractivity contribution in [3.05, 3.63) is 22.6 Å². The van der Waals surface area contributed by atoms with Crippen molar-refractivity contribution < 1.29 is 9.18 Å². The van der Waals surface area contributed by atoms with E-state index in [-0.39, 0.29) is 5.91 Å². The highest BCUT2D eigenvalue weighted by atomic mass is 79.9. The topological polar surface area (TPSA) is 36.4 Å². The molecule has 0 spiro atoms. The van der Waals surface area contributed by atoms with Gasteiger partial charge in [0.05, 0.1) is 4.47 Å². The lowest BCUT2D eigenvalue weighted by molar-refractivity contribution is -0.129. The van der Waals surface area contributed by atoms with Gasteiger partial charge in [0.25, 0.3) is 0 Å². The lowest BCUT2D eigenvalue weighted by Crippen LogP contribution is -2.48. The van der Waals surface area contributed by atoms with E-state index in [4.69, 9.17) is 0 Å². The van der Waals surface area contributed by atoms with Crippen LogP contribution in [0.2, 0.25) is 0 Å². The highest BCUT2D eigenvalue weighted by molar-refractivity contribution is 9.10. The Morgan fingerprint density at radius 2 is 2.00 bits per heavy atom. The third-order valence-electron chi connectivity index (χ3n) is 2.84. The van der Waals surface area contributed by atoms with Crippen LogP contribution in [0.3, 0.4) is 0 Å². The van der Waals surface area contributed by atoms with E-state index >= 15 is 0 Å². The molecule has 92 valence electrons. The Balaban J connectivity index is 2.05. The summed E-state index contributed by atoms with van der Waals surface area (Å²) in [6.45, 7) is 4.26. The number of anilines is 1. The van der Waals surface area contributed by atoms with Crippen molar-refractivity contribution >= 4 is 27.7 Å². The molecular weight excluding hydrogens is 289 g/mol. The van der Waals surface area contributed by atoms with Crippen LogP contribution in [0.4, 0.5) is 10.2 Å². The van der Waals surface area contributed by atoms with Crippen molar-refractivity contribution in [2.75, 3.05) is 31.1 Å². The van der Waals surface area contributed by atoms with Gasteiger partial charge >= 0.3 is 0 Å². The van der Waals surface area contributed by atoms with Gasteiger partial charge < -0.3 is 9.80 Å². The molecule has 0 bridgehead atoms. The van der Waals surface area contributed by atoms with Crippen LogP contribution in [0.5, 0.6) is 0 Å². The Morgan fingerprint density at radius 1 is 1.35 bits per heavy atom. The van der Waals surface area contributed by atoms with Crippen LogP contribution in [-0.2, 0) is 4.79 Å². The fourth-order valence-electron chi connectivity index (χ4n) is 1.83. The first-order valence-electron chi connectivity index (χ1n) is 5.40. The largest absolute Gasteiger partial charge is 0.353 e. The number of piperazine rings is 1. The second kappa shape index (κ2) is 5.00. The van der Waals surface area contributed by atoms with E-state index in [0.717, 1.165) is 0 Å². The van der Waals surface area contributed by atoms with E-state index in [2.05, 4.69) is 20.9 Å². The minimum atomic E-state index is -0.503. The molecule has 2 rings (SSSR count). The molecule has 1 aromatic heterocycles. The Hall–Kier alpha value is -1.17. The summed E-state index contributed by atoms with van der Waals surface area (Å²) in [6.07, 6.45) is 0. The normalized spacial score (nSPS) is 16.2. The molecule has 4 nitrogen and oxygen atoms in total. The molecule has 1 aromatic rings. The maximum absolute atomic E-state index is 13.3. The summed E-state index contributed by atoms with van der Waals surface area (Å²) in [5, 5.41) is 0. The fourth-order valence-corrected chi connectivity index (χ4v) is 2.06. The summed E-state index contributed by atoms with van der Waals surface area (Å²) in [7, 11) is 0. The maximum atomic E-state index is 13.3. The zero-order valence-corrected chi connectivity index (χ0v) is 11.1. The summed E-state index contributed by atoms with van der Waals surface area (Å²) in [4.78, 5) is 18.8. The summed E-state index contributed by atoms with van der Waals surface area (Å²) in [5.41, 5.74) is 0. The maximum Gasteiger partial charge on any atom is 0.229 e. The lowest BCUT2D eigenvalue weighted by Gasteiger charge is -2.34. The minimum Gasteiger partial charge on any atom is -0.353 e. The monoisotopic (exact) mass is 301 g/mol. The second-order valence-electron chi connectivity index (χ2n) is 3.94. The van der Waals surface area contributed by atoms with Crippen molar-refractivity contribution in [2.45, 2.75) is 6.92 Å². The van der Waals surface area contributed by atoms with Gasteiger partial charge in [-0.2, -0.15) is 4.39 Å². The van der Waals surface area contributed by atoms with Crippen LogP contribution in [0, 0.1) is 5.95 Å². The number of carbonyl (C=O) groups excluding carboxylic acids is 1. The summed E-state index contributed by atoms with van der Waals surface area (Å²) >= 11 is 3.07. The zero-order chi connectivity index (χ0) is 12.4. The number of pyridine rings is 1. The highest BCUT2D eigenvalue weighted by Crippen LogP contribution is 2.19. The zero-order valence-electron chi connectivity index (χ0n) is 9.49. The number of carbonyl (C=O) groups is 1. The van der Waals surface area contributed by atoms with Crippen molar-refractivity contribution in [3.8, 4) is 0 Å². The van der Waals surface area contributed by atoms with E-state index < -0.39 is 5.95 Å². The van der Waals surface area contributed by atoms with E-state index in [1.54, 1.807) is 24.0 Å². The van der Waals surface area contributed by atoms with E-state index in [1.807, 2.05) is 4.90 Å². The predicted molar refractivity (Wildman–Crippen MR) is 66.4 cm³/mol. The molecular formula is C11H13BrFN3O. The third kappa shape index (κ3) is 2.74. The molecule has 0 N–H and O–H groups in total. The van der Waals surface area contributed by atoms with Crippen molar-refractivity contribution in [3.63, 3.8) is 0 Å². The number of halogens is 2. The molecule has 1 amide bonds. The molecule has 2 heterocycles. The van der Waals surface area contributed by atoms with E-state index in [9.17, 15) is 9.18 Å². The van der Waals surface area contributed by atoms with Gasteiger partial charge in [0.1, 0.15) is 5.82 Å². The van der Waals surface area contributed by atoms with Gasteiger partial charge in [0.15, 0.2) is 0 Å². The molecule has 0 aromatic carbocycles. The number of hydrogen-bond acceptors (Lipinski definition) is 3. The van der Waals surface area contributed by atoms with Crippen molar-refractivity contribution in [2.24, 2.45) is 0 Å². The number of rotatable bonds is 1. The molecule has 1 fully saturated rings. The predicted octanol–water partition coefficient (Wildman–Crippen LogP) is 1.65. The van der Waals surface area contributed by atoms with Crippen molar-refractivity contribution in [1.29, 1.82) is 0 Å². The smallest absolute Gasteiger partial charge is 0.229 e. The Labute approximate surface area is 108 Å². The van der Waals surface area contributed by atoms with Gasteiger partial charge in [-0.1, -0.05) is 0 Å². The van der Waals surface area contributed by atoms with Gasteiger partial charge in [-0.05, 0) is 28.1 Å². The number of amides is 1. The molecule has 0 unspecified atom stereocenters. The molecule has 6 heteroatoms. The van der Waals surface area contributed by atoms with Crippen LogP contribution in [0.25, 0.3) is 0 Å². The standard InChI is InChI=1S/C11H13BrFN3O/c1-8(17)15-4-6-16(7-5-15)10-3-2-9(12)11(13)14-10/h2-3H,4-7H2,1H3. The Bertz CT molecular complexity index is 433. The van der Waals surface area contributed by atoms with E-state index in [1.165, 1.54) is 0 Å². The summed E-state index contributed by atoms with van der Waals surface area (Å²) in [6, 6.07) is 3.42. The van der Waals surface area contributed by atoms with Crippen LogP contribution >= 0.6 is 15.9 Å². The average Bonchev–Trinajstić information content (AvgIpc) is 2.33. The minimum absolute atomic E-state index is 0.0830. The molecule has 17 heavy (non-hydrogen) atoms. The molecule has 0 aliphatic carbocycles. The Morgan fingerprint density at radius 3 is 2.53 bits per heavy atom. The van der Waals surface area contributed by atoms with Gasteiger partial charge in [-0.3, -0.25) is 4.79 Å². The van der Waals surface area contributed by atoms with Gasteiger partial charge in [0, 0.05) is 33.1 Å². The molecule has 1 aliphatic heterocycles. The lowest BCUT2D eigenvalue weighted by atomic mass is 10.3. The van der Waals surface area contributed by atoms with Crippen LogP contribution < -0.4 is 4.90 Å². The van der Waals surface area contributed by atoms with Crippen LogP contribution in [0.15, 0.2) is 16.6 Å². The average molecular weight is 302 g/mol. The van der Waals surface area contributed by atoms with E-state index in [0.29, 0.717) is 36.5 Å². The van der Waals surface area contributed by atoms with Crippen LogP contribution in [0.1, 0.15) is 6.92 Å². The summed E-state index contributed by atoms with van der Waals surface area (Å²) < 4.78 is 13.7. The molecule has 1 aliphatic rings. The molecule has 0 saturated carbocycles. The second-order valence-corrected chi connectivity index (χ2v) is 4.79. The van der Waals surface area contributed by atoms with Gasteiger partial charge in [-0.15, -0.1) is 0 Å². The molecule has 0 radical (unpaired) electrons. The molecule has 0 atom stereocenters. The first kappa shape index (κ1) is 12.3. The number of aromatic nitrogens is 1. The first-order chi connectivity index (χ1) is 8.08. The van der Waals surface area contributed by atoms with Gasteiger partial charge in [0.2, 0.25) is 11.9 Å². The Kier molecular flexibility index (Phi) is 3.61. The summed E-state index contributed by atoms with van der Waals surface area (Å²) in [5.74, 6) is 0.199. The number of hydrogen-bond donors (Lipinski definition) is 0. The van der Waals surface area contributed by atoms with Crippen molar-refractivity contribution in [1.82, 2.24) is 9.88 Å². The first-order valence-corrected chi connectivity index (χ1v) is 6.20. The van der Waals surface area contributed by atoms with Gasteiger partial charge in [-0.25, -0.2) is 4.98 Å². The number of nitrogens with zero attached hydrogens (tertiary/aromatic N) is 3. The fraction of sp³-hybridized carbons (Fsp3) is 0.455. The van der Waals surface area contributed by atoms with Crippen LogP contribution in [-0.4, -0.2) is 42.0 Å².